The van der Waals surface area contributed by atoms with Crippen LogP contribution in [0.2, 0.25) is 0 Å². The van der Waals surface area contributed by atoms with Gasteiger partial charge in [-0.2, -0.15) is 5.26 Å². The van der Waals surface area contributed by atoms with Gasteiger partial charge in [-0.3, -0.25) is 5.41 Å². The van der Waals surface area contributed by atoms with E-state index in [-0.39, 0.29) is 17.6 Å². The molecule has 31 heavy (non-hydrogen) atoms. The zero-order chi connectivity index (χ0) is 21.8. The van der Waals surface area contributed by atoms with Crippen molar-refractivity contribution in [2.75, 3.05) is 5.32 Å². The van der Waals surface area contributed by atoms with Crippen molar-refractivity contribution in [2.45, 2.75) is 13.0 Å². The van der Waals surface area contributed by atoms with E-state index >= 15 is 0 Å². The molecule has 2 aromatic carbocycles. The van der Waals surface area contributed by atoms with Gasteiger partial charge in [0.15, 0.2) is 0 Å². The van der Waals surface area contributed by atoms with Crippen LogP contribution in [0.4, 0.5) is 10.2 Å². The normalized spacial score (nSPS) is 11.5. The molecule has 2 heterocycles. The van der Waals surface area contributed by atoms with Gasteiger partial charge >= 0.3 is 0 Å². The number of rotatable bonds is 6. The molecule has 8 heteroatoms. The molecule has 0 radical (unpaired) electrons. The molecular formula is C23H18FN7. The standard InChI is InChI=1S/C23H18FN7/c1-15(20-12-31(14-29-20)21-8-3-2-7-19(21)24)30-23-18(11-27-13-28-23)22(26)17-6-4-5-16(9-17)10-25/h2-9,11-15,26H,1H3,(H,27,28,30). The predicted octanol–water partition coefficient (Wildman–Crippen LogP) is 4.26. The fourth-order valence-corrected chi connectivity index (χ4v) is 3.16. The van der Waals surface area contributed by atoms with Crippen LogP contribution in [0.1, 0.15) is 35.3 Å². The van der Waals surface area contributed by atoms with E-state index < -0.39 is 0 Å². The quantitative estimate of drug-likeness (QED) is 0.462. The number of anilines is 1. The Morgan fingerprint density at radius 2 is 2.03 bits per heavy atom. The summed E-state index contributed by atoms with van der Waals surface area (Å²) in [5, 5.41) is 21.0. The highest BCUT2D eigenvalue weighted by Gasteiger charge is 2.17. The SMILES string of the molecule is CC(Nc1ncncc1C(=N)c1cccc(C#N)c1)c1cn(-c2ccccc2F)cn1. The van der Waals surface area contributed by atoms with Gasteiger partial charge < -0.3 is 9.88 Å². The minimum Gasteiger partial charge on any atom is -0.361 e. The van der Waals surface area contributed by atoms with Crippen LogP contribution in [0.15, 0.2) is 73.6 Å². The number of halogens is 1. The van der Waals surface area contributed by atoms with Crippen LogP contribution in [-0.2, 0) is 0 Å². The molecule has 0 aliphatic rings. The molecule has 152 valence electrons. The summed E-state index contributed by atoms with van der Waals surface area (Å²) in [6.07, 6.45) is 6.26. The zero-order valence-corrected chi connectivity index (χ0v) is 16.6. The highest BCUT2D eigenvalue weighted by atomic mass is 19.1. The average molecular weight is 411 g/mol. The van der Waals surface area contributed by atoms with E-state index in [4.69, 9.17) is 10.7 Å². The second-order valence-corrected chi connectivity index (χ2v) is 6.88. The summed E-state index contributed by atoms with van der Waals surface area (Å²) in [6.45, 7) is 1.90. The molecule has 0 bridgehead atoms. The summed E-state index contributed by atoms with van der Waals surface area (Å²) in [4.78, 5) is 12.7. The first-order valence-electron chi connectivity index (χ1n) is 9.51. The lowest BCUT2D eigenvalue weighted by Crippen LogP contribution is -2.14. The van der Waals surface area contributed by atoms with Gasteiger partial charge in [-0.1, -0.05) is 24.3 Å². The molecule has 1 atom stereocenters. The zero-order valence-electron chi connectivity index (χ0n) is 16.6. The number of nitrogens with zero attached hydrogens (tertiary/aromatic N) is 5. The lowest BCUT2D eigenvalue weighted by molar-refractivity contribution is 0.618. The van der Waals surface area contributed by atoms with E-state index in [1.54, 1.807) is 65.8 Å². The Morgan fingerprint density at radius 3 is 2.84 bits per heavy atom. The van der Waals surface area contributed by atoms with E-state index in [2.05, 4.69) is 26.3 Å². The van der Waals surface area contributed by atoms with Crippen molar-refractivity contribution in [1.29, 1.82) is 10.7 Å². The summed E-state index contributed by atoms with van der Waals surface area (Å²) in [5.74, 6) is 0.133. The number of imidazole rings is 1. The first-order chi connectivity index (χ1) is 15.1. The second-order valence-electron chi connectivity index (χ2n) is 6.88. The van der Waals surface area contributed by atoms with Crippen molar-refractivity contribution in [1.82, 2.24) is 19.5 Å². The molecule has 7 nitrogen and oxygen atoms in total. The summed E-state index contributed by atoms with van der Waals surface area (Å²) in [7, 11) is 0. The fourth-order valence-electron chi connectivity index (χ4n) is 3.16. The third-order valence-electron chi connectivity index (χ3n) is 4.79. The molecule has 2 aromatic heterocycles. The number of hydrogen-bond acceptors (Lipinski definition) is 6. The average Bonchev–Trinajstić information content (AvgIpc) is 3.29. The third kappa shape index (κ3) is 4.16. The number of benzene rings is 2. The molecule has 2 N–H and O–H groups in total. The van der Waals surface area contributed by atoms with Crippen LogP contribution in [0.5, 0.6) is 0 Å². The van der Waals surface area contributed by atoms with Gasteiger partial charge in [0.2, 0.25) is 0 Å². The summed E-state index contributed by atoms with van der Waals surface area (Å²) < 4.78 is 15.7. The van der Waals surface area contributed by atoms with Crippen LogP contribution in [-0.4, -0.2) is 25.2 Å². The molecule has 0 saturated carbocycles. The fraction of sp³-hybridized carbons (Fsp3) is 0.0870. The Kier molecular flexibility index (Phi) is 5.49. The molecule has 4 rings (SSSR count). The van der Waals surface area contributed by atoms with E-state index in [0.29, 0.717) is 33.9 Å². The largest absolute Gasteiger partial charge is 0.361 e. The molecule has 0 fully saturated rings. The first kappa shape index (κ1) is 19.9. The Hall–Kier alpha value is -4.38. The maximum absolute atomic E-state index is 14.1. The van der Waals surface area contributed by atoms with E-state index in [1.807, 2.05) is 6.92 Å². The van der Waals surface area contributed by atoms with Crippen LogP contribution >= 0.6 is 0 Å². The van der Waals surface area contributed by atoms with Gasteiger partial charge in [0.05, 0.1) is 46.7 Å². The monoisotopic (exact) mass is 411 g/mol. The highest BCUT2D eigenvalue weighted by molar-refractivity contribution is 6.13. The number of nitriles is 1. The van der Waals surface area contributed by atoms with Crippen molar-refractivity contribution in [3.63, 3.8) is 0 Å². The minimum absolute atomic E-state index is 0.198. The highest BCUT2D eigenvalue weighted by Crippen LogP contribution is 2.23. The van der Waals surface area contributed by atoms with Gasteiger partial charge in [0, 0.05) is 18.0 Å². The van der Waals surface area contributed by atoms with Gasteiger partial charge in [0.1, 0.15) is 18.0 Å². The van der Waals surface area contributed by atoms with Crippen molar-refractivity contribution >= 4 is 11.5 Å². The Labute approximate surface area is 178 Å². The van der Waals surface area contributed by atoms with E-state index in [1.165, 1.54) is 12.4 Å². The smallest absolute Gasteiger partial charge is 0.147 e. The Balaban J connectivity index is 1.59. The lowest BCUT2D eigenvalue weighted by atomic mass is 10.0. The maximum Gasteiger partial charge on any atom is 0.147 e. The summed E-state index contributed by atoms with van der Waals surface area (Å²) in [5.41, 5.74) is 2.86. The van der Waals surface area contributed by atoms with Gasteiger partial charge in [-0.15, -0.1) is 0 Å². The van der Waals surface area contributed by atoms with Crippen molar-refractivity contribution in [2.24, 2.45) is 0 Å². The van der Waals surface area contributed by atoms with Gasteiger partial charge in [-0.05, 0) is 31.2 Å². The maximum atomic E-state index is 14.1. The molecule has 0 spiro atoms. The summed E-state index contributed by atoms with van der Waals surface area (Å²) >= 11 is 0. The predicted molar refractivity (Wildman–Crippen MR) is 115 cm³/mol. The molecule has 0 aliphatic heterocycles. The van der Waals surface area contributed by atoms with Crippen molar-refractivity contribution in [3.05, 3.63) is 102 Å². The van der Waals surface area contributed by atoms with Crippen LogP contribution < -0.4 is 5.32 Å². The van der Waals surface area contributed by atoms with Crippen molar-refractivity contribution < 1.29 is 4.39 Å². The number of aromatic nitrogens is 4. The molecular weight excluding hydrogens is 393 g/mol. The number of para-hydroxylation sites is 1. The number of hydrogen-bond donors (Lipinski definition) is 2. The second kappa shape index (κ2) is 8.55. The topological polar surface area (TPSA) is 103 Å². The lowest BCUT2D eigenvalue weighted by Gasteiger charge is -2.16. The van der Waals surface area contributed by atoms with Gasteiger partial charge in [-0.25, -0.2) is 19.3 Å². The first-order valence-corrected chi connectivity index (χ1v) is 9.51. The molecule has 1 unspecified atom stereocenters. The van der Waals surface area contributed by atoms with Crippen LogP contribution in [0.25, 0.3) is 5.69 Å². The minimum atomic E-state index is -0.335. The molecule has 0 saturated heterocycles. The van der Waals surface area contributed by atoms with E-state index in [0.717, 1.165) is 0 Å². The van der Waals surface area contributed by atoms with Crippen molar-refractivity contribution in [3.8, 4) is 11.8 Å². The molecule has 4 aromatic rings. The summed E-state index contributed by atoms with van der Waals surface area (Å²) in [6, 6.07) is 15.1. The number of nitrogens with one attached hydrogen (secondary N) is 2. The van der Waals surface area contributed by atoms with Crippen LogP contribution in [0.3, 0.4) is 0 Å². The third-order valence-corrected chi connectivity index (χ3v) is 4.79. The van der Waals surface area contributed by atoms with Gasteiger partial charge in [0.25, 0.3) is 0 Å². The molecule has 0 aliphatic carbocycles. The Morgan fingerprint density at radius 1 is 1.19 bits per heavy atom. The Bertz CT molecular complexity index is 1290. The van der Waals surface area contributed by atoms with Crippen LogP contribution in [0, 0.1) is 22.6 Å². The van der Waals surface area contributed by atoms with E-state index in [9.17, 15) is 4.39 Å². The molecule has 0 amide bonds.